The molecule has 1 aromatic carbocycles. The van der Waals surface area contributed by atoms with Gasteiger partial charge in [0.1, 0.15) is 18.0 Å². The molecule has 40 heavy (non-hydrogen) atoms. The van der Waals surface area contributed by atoms with Gasteiger partial charge in [0.15, 0.2) is 12.4 Å². The maximum Gasteiger partial charge on any atom is 0.260 e. The Morgan fingerprint density at radius 3 is 2.60 bits per heavy atom. The number of allylic oxidation sites excluding steroid dienone is 2. The summed E-state index contributed by atoms with van der Waals surface area (Å²) in [7, 11) is 0. The topological polar surface area (TPSA) is 149 Å². The van der Waals surface area contributed by atoms with Crippen LogP contribution < -0.4 is 5.32 Å². The molecule has 3 saturated carbocycles. The maximum absolute atomic E-state index is 12.6. The maximum atomic E-state index is 12.6. The summed E-state index contributed by atoms with van der Waals surface area (Å²) in [4.78, 5) is 30.2. The van der Waals surface area contributed by atoms with Gasteiger partial charge in [0, 0.05) is 12.0 Å². The van der Waals surface area contributed by atoms with Gasteiger partial charge in [-0.05, 0) is 98.3 Å². The van der Waals surface area contributed by atoms with Gasteiger partial charge in [0.25, 0.3) is 5.91 Å². The molecule has 5 N–H and O–H groups in total. The molecule has 1 amide bonds. The van der Waals surface area contributed by atoms with Crippen molar-refractivity contribution < 1.29 is 34.9 Å². The van der Waals surface area contributed by atoms with E-state index in [1.165, 1.54) is 5.57 Å². The normalized spacial score (nSPS) is 37.6. The summed E-state index contributed by atoms with van der Waals surface area (Å²) < 4.78 is 0. The fraction of sp³-hybridized carbons (Fsp3) is 0.645. The van der Waals surface area contributed by atoms with E-state index < -0.39 is 29.5 Å². The van der Waals surface area contributed by atoms with E-state index in [0.29, 0.717) is 32.2 Å². The molecule has 9 nitrogen and oxygen atoms in total. The lowest BCUT2D eigenvalue weighted by Gasteiger charge is -2.60. The van der Waals surface area contributed by atoms with Gasteiger partial charge in [-0.25, -0.2) is 0 Å². The average molecular weight is 555 g/mol. The van der Waals surface area contributed by atoms with Crippen LogP contribution in [-0.4, -0.2) is 69.3 Å². The standard InChI is InChI=1S/C31H42N2O7/c1-29-12-9-21(33-40-18-27(38)32-14-11-19-3-6-22(35)7-4-19)15-20(29)5-8-23-24-10-13-31(39,26(37)17-34)30(24,2)16-25(36)28(23)29/h3-4,6-7,15,23-25,28,34-36,39H,5,8-14,16-18H2,1-2H3,(H,32,38)/b33-21-/t23?,24?,25?,28?,29-,30-,31-/m0/s1. The number of nitrogens with zero attached hydrogens (tertiary/aromatic N) is 1. The number of amides is 1. The van der Waals surface area contributed by atoms with Crippen LogP contribution in [0.4, 0.5) is 0 Å². The number of aromatic hydroxyl groups is 1. The molecule has 0 aliphatic heterocycles. The number of Topliss-reactive ketones (excluding diaryl/α,β-unsaturated/α-hetero) is 1. The van der Waals surface area contributed by atoms with Crippen LogP contribution in [0, 0.1) is 28.6 Å². The molecule has 0 saturated heterocycles. The number of carbonyl (C=O) groups excluding carboxylic acids is 2. The van der Waals surface area contributed by atoms with Crippen molar-refractivity contribution in [2.45, 2.75) is 76.9 Å². The molecule has 5 rings (SSSR count). The summed E-state index contributed by atoms with van der Waals surface area (Å²) in [5.74, 6) is -0.235. The van der Waals surface area contributed by atoms with Gasteiger partial charge in [-0.2, -0.15) is 0 Å². The molecule has 218 valence electrons. The Kier molecular flexibility index (Phi) is 7.85. The Morgan fingerprint density at radius 2 is 1.88 bits per heavy atom. The number of hydrogen-bond donors (Lipinski definition) is 5. The van der Waals surface area contributed by atoms with Crippen molar-refractivity contribution in [2.24, 2.45) is 33.7 Å². The Bertz CT molecular complexity index is 1200. The van der Waals surface area contributed by atoms with Crippen LogP contribution in [0.15, 0.2) is 41.1 Å². The molecule has 0 aromatic heterocycles. The van der Waals surface area contributed by atoms with Gasteiger partial charge in [0.05, 0.1) is 11.8 Å². The van der Waals surface area contributed by atoms with Gasteiger partial charge >= 0.3 is 0 Å². The fourth-order valence-corrected chi connectivity index (χ4v) is 8.60. The molecule has 0 radical (unpaired) electrons. The summed E-state index contributed by atoms with van der Waals surface area (Å²) in [6, 6.07) is 6.87. The minimum atomic E-state index is -1.59. The first kappa shape index (κ1) is 28.8. The Labute approximate surface area is 235 Å². The number of oxime groups is 1. The van der Waals surface area contributed by atoms with Crippen molar-refractivity contribution in [1.29, 1.82) is 0 Å². The van der Waals surface area contributed by atoms with Crippen LogP contribution in [0.25, 0.3) is 0 Å². The average Bonchev–Trinajstić information content (AvgIpc) is 3.20. The van der Waals surface area contributed by atoms with E-state index in [4.69, 9.17) is 4.84 Å². The number of fused-ring (bicyclic) bond motifs is 5. The Morgan fingerprint density at radius 1 is 1.12 bits per heavy atom. The minimum Gasteiger partial charge on any atom is -0.508 e. The van der Waals surface area contributed by atoms with Crippen molar-refractivity contribution in [2.75, 3.05) is 19.8 Å². The van der Waals surface area contributed by atoms with Gasteiger partial charge in [-0.1, -0.05) is 36.7 Å². The predicted octanol–water partition coefficient (Wildman–Crippen LogP) is 2.65. The highest BCUT2D eigenvalue weighted by atomic mass is 16.6. The van der Waals surface area contributed by atoms with Gasteiger partial charge in [0.2, 0.25) is 0 Å². The molecule has 1 aromatic rings. The van der Waals surface area contributed by atoms with Crippen LogP contribution in [0.2, 0.25) is 0 Å². The Balaban J connectivity index is 1.20. The van der Waals surface area contributed by atoms with E-state index in [0.717, 1.165) is 37.0 Å². The third kappa shape index (κ3) is 4.86. The third-order valence-corrected chi connectivity index (χ3v) is 10.7. The van der Waals surface area contributed by atoms with Crippen molar-refractivity contribution in [3.05, 3.63) is 41.5 Å². The quantitative estimate of drug-likeness (QED) is 0.310. The first-order chi connectivity index (χ1) is 19.0. The smallest absolute Gasteiger partial charge is 0.260 e. The highest BCUT2D eigenvalue weighted by molar-refractivity contribution is 5.96. The zero-order chi connectivity index (χ0) is 28.7. The molecular weight excluding hydrogens is 512 g/mol. The lowest BCUT2D eigenvalue weighted by molar-refractivity contribution is -0.181. The summed E-state index contributed by atoms with van der Waals surface area (Å²) in [6.07, 6.45) is 6.66. The van der Waals surface area contributed by atoms with Crippen LogP contribution >= 0.6 is 0 Å². The molecule has 0 heterocycles. The number of phenolic OH excluding ortho intramolecular Hbond substituents is 1. The van der Waals surface area contributed by atoms with E-state index in [1.54, 1.807) is 12.1 Å². The number of nitrogens with one attached hydrogen (secondary N) is 1. The third-order valence-electron chi connectivity index (χ3n) is 10.7. The van der Waals surface area contributed by atoms with E-state index >= 15 is 0 Å². The minimum absolute atomic E-state index is 0.0268. The van der Waals surface area contributed by atoms with Crippen molar-refractivity contribution in [3.8, 4) is 5.75 Å². The molecule has 0 spiro atoms. The van der Waals surface area contributed by atoms with Crippen LogP contribution in [0.5, 0.6) is 5.75 Å². The summed E-state index contributed by atoms with van der Waals surface area (Å²) in [5.41, 5.74) is 0.503. The lowest BCUT2D eigenvalue weighted by Crippen LogP contribution is -2.62. The molecule has 4 unspecified atom stereocenters. The van der Waals surface area contributed by atoms with Crippen molar-refractivity contribution in [3.63, 3.8) is 0 Å². The number of phenols is 1. The monoisotopic (exact) mass is 554 g/mol. The van der Waals surface area contributed by atoms with E-state index in [9.17, 15) is 30.0 Å². The zero-order valence-corrected chi connectivity index (χ0v) is 23.4. The summed E-state index contributed by atoms with van der Waals surface area (Å²) >= 11 is 0. The van der Waals surface area contributed by atoms with Crippen LogP contribution in [0.1, 0.15) is 64.4 Å². The van der Waals surface area contributed by atoms with Crippen LogP contribution in [-0.2, 0) is 20.8 Å². The molecule has 0 bridgehead atoms. The highest BCUT2D eigenvalue weighted by Gasteiger charge is 2.68. The first-order valence-electron chi connectivity index (χ1n) is 14.5. The largest absolute Gasteiger partial charge is 0.508 e. The second kappa shape index (κ2) is 10.9. The number of aliphatic hydroxyl groups is 3. The fourth-order valence-electron chi connectivity index (χ4n) is 8.60. The number of benzene rings is 1. The molecule has 4 aliphatic rings. The van der Waals surface area contributed by atoms with E-state index in [2.05, 4.69) is 23.5 Å². The molecule has 7 atom stereocenters. The van der Waals surface area contributed by atoms with E-state index in [1.807, 2.05) is 19.1 Å². The summed E-state index contributed by atoms with van der Waals surface area (Å²) in [6.45, 7) is 3.76. The SMILES string of the molecule is C[C@]12CC/C(=N/OCC(=O)NCCc3ccc(O)cc3)C=C1CCC1C2C(O)C[C@@]2(C)C1CC[C@]2(O)C(=O)CO. The Hall–Kier alpha value is -2.75. The number of carbonyl (C=O) groups is 2. The second-order valence-corrected chi connectivity index (χ2v) is 12.7. The van der Waals surface area contributed by atoms with Gasteiger partial charge < -0.3 is 30.6 Å². The van der Waals surface area contributed by atoms with Crippen molar-refractivity contribution >= 4 is 17.4 Å². The molecular formula is C31H42N2O7. The second-order valence-electron chi connectivity index (χ2n) is 12.7. The van der Waals surface area contributed by atoms with Gasteiger partial charge in [-0.3, -0.25) is 9.59 Å². The lowest BCUT2D eigenvalue weighted by atomic mass is 9.45. The van der Waals surface area contributed by atoms with Crippen molar-refractivity contribution in [1.82, 2.24) is 5.32 Å². The number of ketones is 1. The zero-order valence-electron chi connectivity index (χ0n) is 23.4. The van der Waals surface area contributed by atoms with E-state index in [-0.39, 0.29) is 41.4 Å². The molecule has 9 heteroatoms. The number of hydrogen-bond acceptors (Lipinski definition) is 8. The highest BCUT2D eigenvalue weighted by Crippen LogP contribution is 2.67. The summed E-state index contributed by atoms with van der Waals surface area (Å²) in [5, 5.41) is 48.9. The predicted molar refractivity (Wildman–Crippen MR) is 148 cm³/mol. The van der Waals surface area contributed by atoms with Crippen LogP contribution in [0.3, 0.4) is 0 Å². The molecule has 3 fully saturated rings. The number of rotatable bonds is 8. The van der Waals surface area contributed by atoms with Gasteiger partial charge in [-0.15, -0.1) is 0 Å². The number of aliphatic hydroxyl groups excluding tert-OH is 2. The molecule has 4 aliphatic carbocycles. The first-order valence-corrected chi connectivity index (χ1v) is 14.5.